The number of nitro groups is 1. The van der Waals surface area contributed by atoms with Crippen LogP contribution in [-0.2, 0) is 0 Å². The van der Waals surface area contributed by atoms with Gasteiger partial charge in [0.1, 0.15) is 5.52 Å². The van der Waals surface area contributed by atoms with E-state index < -0.39 is 10.8 Å². The summed E-state index contributed by atoms with van der Waals surface area (Å²) in [5.41, 5.74) is 3.94. The Labute approximate surface area is 176 Å². The zero-order valence-electron chi connectivity index (χ0n) is 16.1. The standard InChI is InChI=1S/C22H16ClN3O4/c1-12-3-8-20-18(9-12)25-22(30-20)16-11-15(6-7-17(16)23)24-21(27)14-5-4-13(2)19(10-14)26(28)29/h3-11H,1-2H3,(H,24,27). The van der Waals surface area contributed by atoms with Crippen molar-refractivity contribution in [1.82, 2.24) is 4.98 Å². The molecule has 1 heterocycles. The number of halogens is 1. The topological polar surface area (TPSA) is 98.3 Å². The zero-order valence-corrected chi connectivity index (χ0v) is 16.9. The summed E-state index contributed by atoms with van der Waals surface area (Å²) in [6.45, 7) is 3.58. The van der Waals surface area contributed by atoms with Crippen molar-refractivity contribution in [2.75, 3.05) is 5.32 Å². The van der Waals surface area contributed by atoms with Crippen LogP contribution in [0, 0.1) is 24.0 Å². The minimum Gasteiger partial charge on any atom is -0.436 e. The molecule has 0 aliphatic rings. The molecule has 1 aromatic heterocycles. The second kappa shape index (κ2) is 7.61. The number of carbonyl (C=O) groups excluding carboxylic acids is 1. The van der Waals surface area contributed by atoms with Gasteiger partial charge >= 0.3 is 0 Å². The molecule has 0 fully saturated rings. The monoisotopic (exact) mass is 421 g/mol. The summed E-state index contributed by atoms with van der Waals surface area (Å²) < 4.78 is 5.81. The third-order valence-electron chi connectivity index (χ3n) is 4.67. The van der Waals surface area contributed by atoms with E-state index in [-0.39, 0.29) is 11.3 Å². The van der Waals surface area contributed by atoms with Crippen LogP contribution in [0.15, 0.2) is 59.0 Å². The Morgan fingerprint density at radius 2 is 1.90 bits per heavy atom. The fraction of sp³-hybridized carbons (Fsp3) is 0.0909. The summed E-state index contributed by atoms with van der Waals surface area (Å²) in [7, 11) is 0. The molecule has 0 aliphatic heterocycles. The van der Waals surface area contributed by atoms with Gasteiger partial charge in [-0.2, -0.15) is 0 Å². The third kappa shape index (κ3) is 3.75. The largest absolute Gasteiger partial charge is 0.436 e. The molecule has 0 unspecified atom stereocenters. The summed E-state index contributed by atoms with van der Waals surface area (Å²) in [6.07, 6.45) is 0. The summed E-state index contributed by atoms with van der Waals surface area (Å²) in [5.74, 6) is -0.137. The van der Waals surface area contributed by atoms with Crippen LogP contribution < -0.4 is 5.32 Å². The van der Waals surface area contributed by atoms with E-state index in [1.54, 1.807) is 31.2 Å². The van der Waals surface area contributed by atoms with E-state index in [1.807, 2.05) is 25.1 Å². The minimum absolute atomic E-state index is 0.110. The highest BCUT2D eigenvalue weighted by Crippen LogP contribution is 2.32. The second-order valence-electron chi connectivity index (χ2n) is 6.90. The molecule has 0 saturated carbocycles. The first-order chi connectivity index (χ1) is 14.3. The number of oxazole rings is 1. The average Bonchev–Trinajstić information content (AvgIpc) is 3.12. The highest BCUT2D eigenvalue weighted by atomic mass is 35.5. The van der Waals surface area contributed by atoms with E-state index in [1.165, 1.54) is 12.1 Å². The van der Waals surface area contributed by atoms with Crippen molar-refractivity contribution in [3.63, 3.8) is 0 Å². The lowest BCUT2D eigenvalue weighted by molar-refractivity contribution is -0.385. The van der Waals surface area contributed by atoms with Crippen molar-refractivity contribution in [2.45, 2.75) is 13.8 Å². The zero-order chi connectivity index (χ0) is 21.4. The predicted octanol–water partition coefficient (Wildman–Crippen LogP) is 5.93. The van der Waals surface area contributed by atoms with Gasteiger partial charge in [-0.05, 0) is 55.8 Å². The van der Waals surface area contributed by atoms with E-state index in [0.717, 1.165) is 5.56 Å². The van der Waals surface area contributed by atoms with Gasteiger partial charge in [0.25, 0.3) is 11.6 Å². The van der Waals surface area contributed by atoms with Gasteiger partial charge in [0.2, 0.25) is 5.89 Å². The fourth-order valence-corrected chi connectivity index (χ4v) is 3.27. The van der Waals surface area contributed by atoms with E-state index in [9.17, 15) is 14.9 Å². The summed E-state index contributed by atoms with van der Waals surface area (Å²) in [5, 5.41) is 14.3. The summed E-state index contributed by atoms with van der Waals surface area (Å²) in [6, 6.07) is 14.9. The molecule has 0 radical (unpaired) electrons. The number of nitro benzene ring substituents is 1. The molecule has 0 atom stereocenters. The molecular formula is C22H16ClN3O4. The molecule has 0 bridgehead atoms. The lowest BCUT2D eigenvalue weighted by Gasteiger charge is -2.08. The number of nitrogens with one attached hydrogen (secondary N) is 1. The smallest absolute Gasteiger partial charge is 0.273 e. The molecule has 3 aromatic carbocycles. The Bertz CT molecular complexity index is 1310. The maximum Gasteiger partial charge on any atom is 0.273 e. The van der Waals surface area contributed by atoms with Gasteiger partial charge < -0.3 is 9.73 Å². The van der Waals surface area contributed by atoms with Gasteiger partial charge in [0.15, 0.2) is 5.58 Å². The lowest BCUT2D eigenvalue weighted by atomic mass is 10.1. The predicted molar refractivity (Wildman–Crippen MR) is 115 cm³/mol. The van der Waals surface area contributed by atoms with Crippen molar-refractivity contribution < 1.29 is 14.1 Å². The van der Waals surface area contributed by atoms with Crippen LogP contribution in [-0.4, -0.2) is 15.8 Å². The molecule has 0 aliphatic carbocycles. The number of hydrogen-bond donors (Lipinski definition) is 1. The minimum atomic E-state index is -0.512. The molecule has 0 spiro atoms. The summed E-state index contributed by atoms with van der Waals surface area (Å²) in [4.78, 5) is 27.7. The lowest BCUT2D eigenvalue weighted by Crippen LogP contribution is -2.12. The van der Waals surface area contributed by atoms with E-state index in [2.05, 4.69) is 10.3 Å². The Morgan fingerprint density at radius 1 is 1.10 bits per heavy atom. The van der Waals surface area contributed by atoms with Crippen molar-refractivity contribution in [3.8, 4) is 11.5 Å². The van der Waals surface area contributed by atoms with E-state index in [4.69, 9.17) is 16.0 Å². The number of carbonyl (C=O) groups is 1. The van der Waals surface area contributed by atoms with Gasteiger partial charge in [-0.15, -0.1) is 0 Å². The van der Waals surface area contributed by atoms with Crippen LogP contribution >= 0.6 is 11.6 Å². The van der Waals surface area contributed by atoms with Crippen LogP contribution in [0.1, 0.15) is 21.5 Å². The molecule has 4 rings (SSSR count). The molecule has 4 aromatic rings. The molecule has 30 heavy (non-hydrogen) atoms. The van der Waals surface area contributed by atoms with Crippen LogP contribution in [0.25, 0.3) is 22.6 Å². The van der Waals surface area contributed by atoms with Gasteiger partial charge in [0, 0.05) is 22.9 Å². The number of hydrogen-bond acceptors (Lipinski definition) is 5. The normalized spacial score (nSPS) is 10.9. The average molecular weight is 422 g/mol. The first-order valence-electron chi connectivity index (χ1n) is 9.05. The van der Waals surface area contributed by atoms with E-state index in [0.29, 0.717) is 38.8 Å². The molecule has 1 amide bonds. The van der Waals surface area contributed by atoms with Crippen molar-refractivity contribution >= 4 is 40.0 Å². The Morgan fingerprint density at radius 3 is 2.67 bits per heavy atom. The molecule has 0 saturated heterocycles. The number of nitrogens with zero attached hydrogens (tertiary/aromatic N) is 2. The number of anilines is 1. The maximum absolute atomic E-state index is 12.6. The van der Waals surface area contributed by atoms with Crippen LogP contribution in [0.2, 0.25) is 5.02 Å². The third-order valence-corrected chi connectivity index (χ3v) is 5.00. The summed E-state index contributed by atoms with van der Waals surface area (Å²) >= 11 is 6.33. The van der Waals surface area contributed by atoms with Gasteiger partial charge in [-0.3, -0.25) is 14.9 Å². The number of amides is 1. The Balaban J connectivity index is 1.65. The molecule has 1 N–H and O–H groups in total. The van der Waals surface area contributed by atoms with Crippen molar-refractivity contribution in [1.29, 1.82) is 0 Å². The van der Waals surface area contributed by atoms with Gasteiger partial charge in [0.05, 0.1) is 15.5 Å². The Kier molecular flexibility index (Phi) is 4.97. The Hall–Kier alpha value is -3.71. The second-order valence-corrected chi connectivity index (χ2v) is 7.30. The van der Waals surface area contributed by atoms with Crippen LogP contribution in [0.4, 0.5) is 11.4 Å². The van der Waals surface area contributed by atoms with Crippen LogP contribution in [0.3, 0.4) is 0 Å². The number of rotatable bonds is 4. The number of aromatic nitrogens is 1. The highest BCUT2D eigenvalue weighted by Gasteiger charge is 2.17. The highest BCUT2D eigenvalue weighted by molar-refractivity contribution is 6.33. The van der Waals surface area contributed by atoms with Crippen LogP contribution in [0.5, 0.6) is 0 Å². The molecule has 150 valence electrons. The molecule has 8 heteroatoms. The quantitative estimate of drug-likeness (QED) is 0.325. The van der Waals surface area contributed by atoms with Crippen molar-refractivity contribution in [3.05, 3.63) is 86.4 Å². The number of fused-ring (bicyclic) bond motifs is 1. The first kappa shape index (κ1) is 19.6. The SMILES string of the molecule is Cc1ccc2oc(-c3cc(NC(=O)c4ccc(C)c([N+](=O)[O-])c4)ccc3Cl)nc2c1. The number of benzene rings is 3. The fourth-order valence-electron chi connectivity index (χ4n) is 3.07. The first-order valence-corrected chi connectivity index (χ1v) is 9.43. The maximum atomic E-state index is 12.6. The van der Waals surface area contributed by atoms with Crippen molar-refractivity contribution in [2.24, 2.45) is 0 Å². The van der Waals surface area contributed by atoms with Gasteiger partial charge in [-0.25, -0.2) is 4.98 Å². The van der Waals surface area contributed by atoms with Gasteiger partial charge in [-0.1, -0.05) is 23.7 Å². The van der Waals surface area contributed by atoms with E-state index >= 15 is 0 Å². The molecule has 7 nitrogen and oxygen atoms in total. The molecular weight excluding hydrogens is 406 g/mol. The number of aryl methyl sites for hydroxylation is 2.